The van der Waals surface area contributed by atoms with Crippen LogP contribution >= 0.6 is 0 Å². The lowest BCUT2D eigenvalue weighted by Crippen LogP contribution is -2.13. The Labute approximate surface area is 100 Å². The largest absolute Gasteiger partial charge is 0.312 e. The first-order valence-corrected chi connectivity index (χ1v) is 5.59. The topological polar surface area (TPSA) is 29.9 Å². The Balaban J connectivity index is 2.47. The highest BCUT2D eigenvalue weighted by atomic mass is 19.1. The van der Waals surface area contributed by atoms with E-state index in [4.69, 9.17) is 0 Å². The third-order valence-corrected chi connectivity index (χ3v) is 2.93. The second kappa shape index (κ2) is 4.67. The fourth-order valence-corrected chi connectivity index (χ4v) is 1.77. The molecule has 2 aromatic rings. The van der Waals surface area contributed by atoms with Crippen molar-refractivity contribution in [1.29, 1.82) is 0 Å². The number of aryl methyl sites for hydroxylation is 1. The van der Waals surface area contributed by atoms with Crippen molar-refractivity contribution in [1.82, 2.24) is 15.1 Å². The standard InChI is InChI=1S/C13H16FN3/c1-9(15-2)12-8-13(17(3)16-12)10-6-4-5-7-11(10)14/h4-9,15H,1-3H3. The Morgan fingerprint density at radius 1 is 1.35 bits per heavy atom. The lowest BCUT2D eigenvalue weighted by atomic mass is 10.1. The lowest BCUT2D eigenvalue weighted by molar-refractivity contribution is 0.610. The third kappa shape index (κ3) is 2.22. The van der Waals surface area contributed by atoms with Gasteiger partial charge in [0.15, 0.2) is 0 Å². The molecule has 4 heteroatoms. The average molecular weight is 233 g/mol. The Morgan fingerprint density at radius 3 is 2.71 bits per heavy atom. The summed E-state index contributed by atoms with van der Waals surface area (Å²) in [7, 11) is 3.70. The van der Waals surface area contributed by atoms with Crippen molar-refractivity contribution in [2.24, 2.45) is 7.05 Å². The van der Waals surface area contributed by atoms with Crippen molar-refractivity contribution in [3.8, 4) is 11.3 Å². The van der Waals surface area contributed by atoms with E-state index in [2.05, 4.69) is 10.4 Å². The normalized spacial score (nSPS) is 12.7. The minimum atomic E-state index is -0.223. The van der Waals surface area contributed by atoms with E-state index in [1.165, 1.54) is 6.07 Å². The van der Waals surface area contributed by atoms with E-state index in [0.717, 1.165) is 11.4 Å². The monoisotopic (exact) mass is 233 g/mol. The molecule has 0 fully saturated rings. The smallest absolute Gasteiger partial charge is 0.132 e. The van der Waals surface area contributed by atoms with Crippen LogP contribution in [0.4, 0.5) is 4.39 Å². The molecule has 0 spiro atoms. The molecular weight excluding hydrogens is 217 g/mol. The van der Waals surface area contributed by atoms with Crippen LogP contribution in [0.15, 0.2) is 30.3 Å². The van der Waals surface area contributed by atoms with Crippen molar-refractivity contribution in [2.75, 3.05) is 7.05 Å². The highest BCUT2D eigenvalue weighted by molar-refractivity contribution is 5.60. The van der Waals surface area contributed by atoms with Crippen LogP contribution in [0.3, 0.4) is 0 Å². The Bertz CT molecular complexity index is 519. The fourth-order valence-electron chi connectivity index (χ4n) is 1.77. The SMILES string of the molecule is CNC(C)c1cc(-c2ccccc2F)n(C)n1. The van der Waals surface area contributed by atoms with Gasteiger partial charge in [-0.2, -0.15) is 5.10 Å². The molecule has 0 saturated carbocycles. The molecule has 0 bridgehead atoms. The van der Waals surface area contributed by atoms with Gasteiger partial charge in [-0.1, -0.05) is 12.1 Å². The van der Waals surface area contributed by atoms with Gasteiger partial charge in [0.25, 0.3) is 0 Å². The zero-order valence-corrected chi connectivity index (χ0v) is 10.2. The van der Waals surface area contributed by atoms with Crippen molar-refractivity contribution in [3.05, 3.63) is 41.8 Å². The van der Waals surface area contributed by atoms with E-state index >= 15 is 0 Å². The van der Waals surface area contributed by atoms with Gasteiger partial charge < -0.3 is 5.32 Å². The number of hydrogen-bond donors (Lipinski definition) is 1. The van der Waals surface area contributed by atoms with Crippen LogP contribution in [-0.2, 0) is 7.05 Å². The van der Waals surface area contributed by atoms with Crippen molar-refractivity contribution < 1.29 is 4.39 Å². The van der Waals surface area contributed by atoms with Crippen LogP contribution in [0, 0.1) is 5.82 Å². The molecule has 1 aromatic heterocycles. The molecule has 0 amide bonds. The highest BCUT2D eigenvalue weighted by Gasteiger charge is 2.13. The van der Waals surface area contributed by atoms with Gasteiger partial charge in [0.05, 0.1) is 11.4 Å². The van der Waals surface area contributed by atoms with Gasteiger partial charge in [-0.3, -0.25) is 4.68 Å². The molecule has 1 aromatic carbocycles. The number of benzene rings is 1. The second-order valence-corrected chi connectivity index (χ2v) is 4.07. The molecule has 0 aliphatic heterocycles. The molecule has 90 valence electrons. The predicted octanol–water partition coefficient (Wildman–Crippen LogP) is 2.51. The molecule has 0 aliphatic rings. The molecule has 3 nitrogen and oxygen atoms in total. The molecule has 0 aliphatic carbocycles. The van der Waals surface area contributed by atoms with Gasteiger partial charge in [-0.05, 0) is 32.2 Å². The van der Waals surface area contributed by atoms with E-state index in [-0.39, 0.29) is 11.9 Å². The number of nitrogens with zero attached hydrogens (tertiary/aromatic N) is 2. The highest BCUT2D eigenvalue weighted by Crippen LogP contribution is 2.24. The Morgan fingerprint density at radius 2 is 2.06 bits per heavy atom. The predicted molar refractivity (Wildman–Crippen MR) is 66.1 cm³/mol. The second-order valence-electron chi connectivity index (χ2n) is 4.07. The summed E-state index contributed by atoms with van der Waals surface area (Å²) >= 11 is 0. The molecule has 1 atom stereocenters. The lowest BCUT2D eigenvalue weighted by Gasteiger charge is -2.04. The minimum Gasteiger partial charge on any atom is -0.312 e. The van der Waals surface area contributed by atoms with E-state index in [1.807, 2.05) is 33.2 Å². The molecule has 0 radical (unpaired) electrons. The molecule has 1 heterocycles. The summed E-state index contributed by atoms with van der Waals surface area (Å²) in [5.41, 5.74) is 2.28. The summed E-state index contributed by atoms with van der Waals surface area (Å²) in [6, 6.07) is 8.81. The number of aromatic nitrogens is 2. The maximum absolute atomic E-state index is 13.7. The Hall–Kier alpha value is -1.68. The van der Waals surface area contributed by atoms with Crippen LogP contribution in [0.25, 0.3) is 11.3 Å². The number of nitrogens with one attached hydrogen (secondary N) is 1. The number of halogens is 1. The quantitative estimate of drug-likeness (QED) is 0.882. The summed E-state index contributed by atoms with van der Waals surface area (Å²) in [5.74, 6) is -0.223. The van der Waals surface area contributed by atoms with Crippen molar-refractivity contribution in [2.45, 2.75) is 13.0 Å². The van der Waals surface area contributed by atoms with Crippen LogP contribution < -0.4 is 5.32 Å². The molecule has 2 rings (SSSR count). The van der Waals surface area contributed by atoms with Crippen LogP contribution in [-0.4, -0.2) is 16.8 Å². The first kappa shape index (κ1) is 11.8. The third-order valence-electron chi connectivity index (χ3n) is 2.93. The van der Waals surface area contributed by atoms with E-state index in [9.17, 15) is 4.39 Å². The van der Waals surface area contributed by atoms with Gasteiger partial charge in [-0.25, -0.2) is 4.39 Å². The number of hydrogen-bond acceptors (Lipinski definition) is 2. The van der Waals surface area contributed by atoms with Gasteiger partial charge in [0.2, 0.25) is 0 Å². The molecule has 0 saturated heterocycles. The van der Waals surface area contributed by atoms with Crippen molar-refractivity contribution in [3.63, 3.8) is 0 Å². The summed E-state index contributed by atoms with van der Waals surface area (Å²) in [5, 5.41) is 7.50. The molecule has 17 heavy (non-hydrogen) atoms. The van der Waals surface area contributed by atoms with Gasteiger partial charge in [-0.15, -0.1) is 0 Å². The Kier molecular flexibility index (Phi) is 3.24. The first-order chi connectivity index (χ1) is 8.13. The first-order valence-electron chi connectivity index (χ1n) is 5.59. The van der Waals surface area contributed by atoms with E-state index < -0.39 is 0 Å². The average Bonchev–Trinajstić information content (AvgIpc) is 2.71. The van der Waals surface area contributed by atoms with Crippen LogP contribution in [0.2, 0.25) is 0 Å². The van der Waals surface area contributed by atoms with Gasteiger partial charge in [0, 0.05) is 18.7 Å². The molecule has 1 unspecified atom stereocenters. The maximum atomic E-state index is 13.7. The summed E-state index contributed by atoms with van der Waals surface area (Å²) in [4.78, 5) is 0. The minimum absolute atomic E-state index is 0.154. The number of rotatable bonds is 3. The van der Waals surface area contributed by atoms with E-state index in [0.29, 0.717) is 5.56 Å². The van der Waals surface area contributed by atoms with Crippen LogP contribution in [0.1, 0.15) is 18.7 Å². The summed E-state index contributed by atoms with van der Waals surface area (Å²) in [6.07, 6.45) is 0. The fraction of sp³-hybridized carbons (Fsp3) is 0.308. The molecular formula is C13H16FN3. The van der Waals surface area contributed by atoms with E-state index in [1.54, 1.807) is 16.8 Å². The zero-order chi connectivity index (χ0) is 12.4. The summed E-state index contributed by atoms with van der Waals surface area (Å²) in [6.45, 7) is 2.02. The van der Waals surface area contributed by atoms with Crippen LogP contribution in [0.5, 0.6) is 0 Å². The maximum Gasteiger partial charge on any atom is 0.132 e. The molecule has 1 N–H and O–H groups in total. The zero-order valence-electron chi connectivity index (χ0n) is 10.2. The van der Waals surface area contributed by atoms with Crippen molar-refractivity contribution >= 4 is 0 Å². The summed E-state index contributed by atoms with van der Waals surface area (Å²) < 4.78 is 15.4. The van der Waals surface area contributed by atoms with Gasteiger partial charge in [0.1, 0.15) is 5.82 Å². The van der Waals surface area contributed by atoms with Gasteiger partial charge >= 0.3 is 0 Å².